The third-order valence-electron chi connectivity index (χ3n) is 3.16. The number of hydrogen-bond acceptors (Lipinski definition) is 3. The minimum Gasteiger partial charge on any atom is -0.495 e. The van der Waals surface area contributed by atoms with Gasteiger partial charge in [-0.25, -0.2) is 8.78 Å². The van der Waals surface area contributed by atoms with E-state index in [-0.39, 0.29) is 11.7 Å². The van der Waals surface area contributed by atoms with Gasteiger partial charge in [-0.15, -0.1) is 0 Å². The Balaban J connectivity index is 2.05. The summed E-state index contributed by atoms with van der Waals surface area (Å²) in [5, 5.41) is 6.53. The second-order valence-corrected chi connectivity index (χ2v) is 5.56. The van der Waals surface area contributed by atoms with Gasteiger partial charge in [-0.2, -0.15) is 0 Å². The molecular weight excluding hydrogens is 358 g/mol. The number of benzene rings is 2. The van der Waals surface area contributed by atoms with Crippen LogP contribution in [0.15, 0.2) is 30.3 Å². The summed E-state index contributed by atoms with van der Waals surface area (Å²) in [6, 6.07) is 6.89. The molecule has 0 amide bonds. The van der Waals surface area contributed by atoms with Crippen molar-refractivity contribution in [3.63, 3.8) is 0 Å². The van der Waals surface area contributed by atoms with Gasteiger partial charge in [0.15, 0.2) is 16.7 Å². The fourth-order valence-electron chi connectivity index (χ4n) is 1.96. The topological polar surface area (TPSA) is 42.5 Å². The Morgan fingerprint density at radius 2 is 1.79 bits per heavy atom. The number of nitrogens with one attached hydrogen (secondary N) is 2. The van der Waals surface area contributed by atoms with Crippen molar-refractivity contribution < 1.29 is 18.3 Å². The molecule has 0 radical (unpaired) electrons. The standard InChI is InChI=1S/C16H15ClF2N2O2S/c1-22-14-7-13(15(23-2)6-10(14)17)21-16(24)20-8-9-3-4-11(18)12(19)5-9/h3-7H,8H2,1-2H3,(H2,20,21,24). The predicted octanol–water partition coefficient (Wildman–Crippen LogP) is 4.12. The second-order valence-electron chi connectivity index (χ2n) is 4.74. The molecule has 0 heterocycles. The largest absolute Gasteiger partial charge is 0.495 e. The van der Waals surface area contributed by atoms with E-state index in [1.54, 1.807) is 12.1 Å². The van der Waals surface area contributed by atoms with E-state index >= 15 is 0 Å². The third kappa shape index (κ3) is 4.46. The van der Waals surface area contributed by atoms with Crippen LogP contribution in [0.2, 0.25) is 5.02 Å². The van der Waals surface area contributed by atoms with Crippen molar-refractivity contribution in [2.45, 2.75) is 6.54 Å². The van der Waals surface area contributed by atoms with Crippen LogP contribution >= 0.6 is 23.8 Å². The minimum atomic E-state index is -0.905. The van der Waals surface area contributed by atoms with Crippen LogP contribution in [0.5, 0.6) is 11.5 Å². The number of rotatable bonds is 5. The van der Waals surface area contributed by atoms with Gasteiger partial charge in [0.1, 0.15) is 11.5 Å². The van der Waals surface area contributed by atoms with Gasteiger partial charge in [0, 0.05) is 18.7 Å². The first-order valence-corrected chi connectivity index (χ1v) is 7.63. The van der Waals surface area contributed by atoms with Crippen LogP contribution in [0.1, 0.15) is 5.56 Å². The average Bonchev–Trinajstić information content (AvgIpc) is 2.57. The molecule has 2 N–H and O–H groups in total. The number of ether oxygens (including phenoxy) is 2. The smallest absolute Gasteiger partial charge is 0.171 e. The Bertz CT molecular complexity index is 759. The van der Waals surface area contributed by atoms with Crippen molar-refractivity contribution in [1.82, 2.24) is 5.32 Å². The maximum atomic E-state index is 13.2. The average molecular weight is 373 g/mol. The van der Waals surface area contributed by atoms with Gasteiger partial charge >= 0.3 is 0 Å². The lowest BCUT2D eigenvalue weighted by atomic mass is 10.2. The van der Waals surface area contributed by atoms with Gasteiger partial charge in [-0.05, 0) is 29.9 Å². The summed E-state index contributed by atoms with van der Waals surface area (Å²) in [7, 11) is 3.00. The first-order chi connectivity index (χ1) is 11.4. The van der Waals surface area contributed by atoms with E-state index in [1.807, 2.05) is 0 Å². The minimum absolute atomic E-state index is 0.232. The number of methoxy groups -OCH3 is 2. The Morgan fingerprint density at radius 1 is 1.08 bits per heavy atom. The first kappa shape index (κ1) is 18.2. The normalized spacial score (nSPS) is 10.2. The summed E-state index contributed by atoms with van der Waals surface area (Å²) >= 11 is 11.2. The Morgan fingerprint density at radius 3 is 2.42 bits per heavy atom. The molecule has 0 bridgehead atoms. The molecule has 8 heteroatoms. The molecule has 0 aromatic heterocycles. The number of hydrogen-bond donors (Lipinski definition) is 2. The van der Waals surface area contributed by atoms with Crippen LogP contribution in [-0.2, 0) is 6.54 Å². The molecule has 0 fully saturated rings. The fourth-order valence-corrected chi connectivity index (χ4v) is 2.37. The Kier molecular flexibility index (Phi) is 6.16. The van der Waals surface area contributed by atoms with Gasteiger partial charge in [0.25, 0.3) is 0 Å². The zero-order valence-corrected chi connectivity index (χ0v) is 14.5. The monoisotopic (exact) mass is 372 g/mol. The zero-order valence-electron chi connectivity index (χ0n) is 13.0. The number of halogens is 3. The van der Waals surface area contributed by atoms with E-state index in [4.69, 9.17) is 33.3 Å². The van der Waals surface area contributed by atoms with Gasteiger partial charge in [0.05, 0.1) is 24.9 Å². The van der Waals surface area contributed by atoms with Crippen LogP contribution in [0, 0.1) is 11.6 Å². The van der Waals surface area contributed by atoms with Crippen molar-refractivity contribution in [3.8, 4) is 11.5 Å². The van der Waals surface area contributed by atoms with Gasteiger partial charge < -0.3 is 20.1 Å². The molecule has 4 nitrogen and oxygen atoms in total. The quantitative estimate of drug-likeness (QED) is 0.773. The van der Waals surface area contributed by atoms with Crippen LogP contribution in [-0.4, -0.2) is 19.3 Å². The predicted molar refractivity (Wildman–Crippen MR) is 94.0 cm³/mol. The molecule has 0 aliphatic heterocycles. The molecule has 0 saturated heterocycles. The van der Waals surface area contributed by atoms with E-state index < -0.39 is 11.6 Å². The van der Waals surface area contributed by atoms with E-state index in [0.29, 0.717) is 27.8 Å². The first-order valence-electron chi connectivity index (χ1n) is 6.85. The van der Waals surface area contributed by atoms with Crippen LogP contribution in [0.25, 0.3) is 0 Å². The molecule has 0 aliphatic carbocycles. The summed E-state index contributed by atoms with van der Waals surface area (Å²) in [5.74, 6) is -0.851. The molecule has 24 heavy (non-hydrogen) atoms. The number of anilines is 1. The van der Waals surface area contributed by atoms with Crippen molar-refractivity contribution in [2.24, 2.45) is 0 Å². The molecule has 0 unspecified atom stereocenters. The van der Waals surface area contributed by atoms with E-state index in [9.17, 15) is 8.78 Å². The summed E-state index contributed by atoms with van der Waals surface area (Å²) in [4.78, 5) is 0. The lowest BCUT2D eigenvalue weighted by Gasteiger charge is -2.15. The van der Waals surface area contributed by atoms with Crippen molar-refractivity contribution in [3.05, 3.63) is 52.6 Å². The lowest BCUT2D eigenvalue weighted by Crippen LogP contribution is -2.28. The maximum Gasteiger partial charge on any atom is 0.171 e. The lowest BCUT2D eigenvalue weighted by molar-refractivity contribution is 0.405. The highest BCUT2D eigenvalue weighted by atomic mass is 35.5. The molecule has 2 aromatic carbocycles. The fraction of sp³-hybridized carbons (Fsp3) is 0.188. The van der Waals surface area contributed by atoms with E-state index in [0.717, 1.165) is 12.1 Å². The molecule has 0 atom stereocenters. The molecule has 0 aliphatic rings. The summed E-state index contributed by atoms with van der Waals surface area (Å²) in [6.07, 6.45) is 0. The van der Waals surface area contributed by atoms with E-state index in [1.165, 1.54) is 20.3 Å². The van der Waals surface area contributed by atoms with Crippen molar-refractivity contribution >= 4 is 34.6 Å². The van der Waals surface area contributed by atoms with Gasteiger partial charge in [-0.3, -0.25) is 0 Å². The molecular formula is C16H15ClF2N2O2S. The highest BCUT2D eigenvalue weighted by Crippen LogP contribution is 2.35. The second kappa shape index (κ2) is 8.12. The molecule has 2 rings (SSSR count). The number of thiocarbonyl (C=S) groups is 1. The van der Waals surface area contributed by atoms with Crippen LogP contribution < -0.4 is 20.1 Å². The van der Waals surface area contributed by atoms with Crippen molar-refractivity contribution in [2.75, 3.05) is 19.5 Å². The molecule has 2 aromatic rings. The highest BCUT2D eigenvalue weighted by Gasteiger charge is 2.11. The van der Waals surface area contributed by atoms with Crippen LogP contribution in [0.3, 0.4) is 0 Å². The molecule has 0 spiro atoms. The van der Waals surface area contributed by atoms with Gasteiger partial charge in [0.2, 0.25) is 0 Å². The van der Waals surface area contributed by atoms with Crippen LogP contribution in [0.4, 0.5) is 14.5 Å². The van der Waals surface area contributed by atoms with E-state index in [2.05, 4.69) is 10.6 Å². The Labute approximate surface area is 148 Å². The van der Waals surface area contributed by atoms with Gasteiger partial charge in [-0.1, -0.05) is 17.7 Å². The molecule has 128 valence electrons. The highest BCUT2D eigenvalue weighted by molar-refractivity contribution is 7.80. The Hall–Kier alpha value is -2.12. The molecule has 0 saturated carbocycles. The maximum absolute atomic E-state index is 13.2. The summed E-state index contributed by atoms with van der Waals surface area (Å²) < 4.78 is 36.5. The van der Waals surface area contributed by atoms with Crippen molar-refractivity contribution in [1.29, 1.82) is 0 Å². The third-order valence-corrected chi connectivity index (χ3v) is 3.70. The SMILES string of the molecule is COc1cc(NC(=S)NCc2ccc(F)c(F)c2)c(OC)cc1Cl. The summed E-state index contributed by atoms with van der Waals surface area (Å²) in [5.41, 5.74) is 1.11. The summed E-state index contributed by atoms with van der Waals surface area (Å²) in [6.45, 7) is 0.232. The zero-order chi connectivity index (χ0) is 17.7.